The van der Waals surface area contributed by atoms with Gasteiger partial charge < -0.3 is 15.0 Å². The lowest BCUT2D eigenvalue weighted by molar-refractivity contribution is 0.0763. The molecule has 1 fully saturated rings. The third-order valence-electron chi connectivity index (χ3n) is 5.72. The number of benzene rings is 2. The van der Waals surface area contributed by atoms with Crippen molar-refractivity contribution >= 4 is 37.7 Å². The number of rotatable bonds is 5. The molecule has 1 aliphatic carbocycles. The number of aliphatic hydroxyl groups is 1. The second-order valence-corrected chi connectivity index (χ2v) is 8.71. The summed E-state index contributed by atoms with van der Waals surface area (Å²) < 4.78 is 3.37. The molecule has 2 aromatic carbocycles. The van der Waals surface area contributed by atoms with Crippen molar-refractivity contribution in [3.8, 4) is 0 Å². The van der Waals surface area contributed by atoms with Gasteiger partial charge in [0.1, 0.15) is 0 Å². The van der Waals surface area contributed by atoms with Gasteiger partial charge in [0.25, 0.3) is 0 Å². The van der Waals surface area contributed by atoms with Crippen molar-refractivity contribution in [1.82, 2.24) is 14.5 Å². The number of nitrogens with zero attached hydrogens (tertiary/aromatic N) is 3. The van der Waals surface area contributed by atoms with Crippen molar-refractivity contribution < 1.29 is 5.11 Å². The highest BCUT2D eigenvalue weighted by Gasteiger charge is 2.22. The third-order valence-corrected chi connectivity index (χ3v) is 6.69. The number of aliphatic hydroxyl groups excluding tert-OH is 1. The van der Waals surface area contributed by atoms with Crippen LogP contribution < -0.4 is 5.32 Å². The van der Waals surface area contributed by atoms with E-state index in [1.807, 2.05) is 24.5 Å². The fourth-order valence-electron chi connectivity index (χ4n) is 4.12. The Morgan fingerprint density at radius 3 is 2.93 bits per heavy atom. The summed E-state index contributed by atoms with van der Waals surface area (Å²) in [5, 5.41) is 14.6. The monoisotopic (exact) mass is 392 g/mol. The van der Waals surface area contributed by atoms with E-state index in [0.29, 0.717) is 5.92 Å². The molecule has 0 spiro atoms. The van der Waals surface area contributed by atoms with Crippen molar-refractivity contribution in [2.45, 2.75) is 38.3 Å². The molecule has 6 heteroatoms. The van der Waals surface area contributed by atoms with Gasteiger partial charge in [-0.05, 0) is 42.7 Å². The van der Waals surface area contributed by atoms with Gasteiger partial charge in [-0.2, -0.15) is 0 Å². The van der Waals surface area contributed by atoms with Crippen molar-refractivity contribution in [3.05, 3.63) is 54.4 Å². The predicted octanol–water partition coefficient (Wildman–Crippen LogP) is 4.66. The van der Waals surface area contributed by atoms with E-state index < -0.39 is 0 Å². The van der Waals surface area contributed by atoms with Gasteiger partial charge in [0, 0.05) is 19.0 Å². The first-order valence-corrected chi connectivity index (χ1v) is 10.8. The maximum absolute atomic E-state index is 10.2. The number of hydrogen-bond donors (Lipinski definition) is 2. The van der Waals surface area contributed by atoms with Crippen LogP contribution in [0.2, 0.25) is 0 Å². The summed E-state index contributed by atoms with van der Waals surface area (Å²) in [6, 6.07) is 14.7. The summed E-state index contributed by atoms with van der Waals surface area (Å²) in [6.07, 6.45) is 6.13. The number of para-hydroxylation sites is 2. The Morgan fingerprint density at radius 2 is 2.00 bits per heavy atom. The fraction of sp³-hybridized carbons (Fsp3) is 0.364. The molecule has 2 heterocycles. The Hall–Kier alpha value is -2.44. The molecule has 1 unspecified atom stereocenters. The molecule has 2 N–H and O–H groups in total. The molecule has 0 amide bonds. The highest BCUT2D eigenvalue weighted by molar-refractivity contribution is 7.22. The minimum Gasteiger partial charge on any atom is -0.393 e. The number of anilines is 1. The zero-order valence-electron chi connectivity index (χ0n) is 15.7. The molecule has 144 valence electrons. The van der Waals surface area contributed by atoms with Crippen LogP contribution in [0.25, 0.3) is 21.3 Å². The molecule has 0 radical (unpaired) electrons. The lowest BCUT2D eigenvalue weighted by Crippen LogP contribution is -2.30. The molecule has 5 nitrogen and oxygen atoms in total. The van der Waals surface area contributed by atoms with E-state index >= 15 is 0 Å². The Bertz CT molecular complexity index is 1100. The summed E-state index contributed by atoms with van der Waals surface area (Å²) in [5.74, 6) is 0.339. The number of fused-ring (bicyclic) bond motifs is 2. The second-order valence-electron chi connectivity index (χ2n) is 7.68. The van der Waals surface area contributed by atoms with Gasteiger partial charge in [-0.15, -0.1) is 0 Å². The van der Waals surface area contributed by atoms with E-state index in [4.69, 9.17) is 4.98 Å². The molecule has 1 aliphatic rings. The molecule has 0 aliphatic heterocycles. The number of hydrogen-bond acceptors (Lipinski definition) is 5. The minimum absolute atomic E-state index is 0.174. The van der Waals surface area contributed by atoms with Crippen LogP contribution in [-0.2, 0) is 6.54 Å². The normalized spacial score (nSPS) is 20.0. The van der Waals surface area contributed by atoms with Gasteiger partial charge in [-0.3, -0.25) is 0 Å². The largest absolute Gasteiger partial charge is 0.393 e. The van der Waals surface area contributed by atoms with Crippen molar-refractivity contribution in [2.24, 2.45) is 5.92 Å². The van der Waals surface area contributed by atoms with Crippen molar-refractivity contribution in [1.29, 1.82) is 0 Å². The number of imidazole rings is 1. The first-order chi connectivity index (χ1) is 13.8. The van der Waals surface area contributed by atoms with Crippen LogP contribution in [0.3, 0.4) is 0 Å². The smallest absolute Gasteiger partial charge is 0.183 e. The molecule has 0 bridgehead atoms. The summed E-state index contributed by atoms with van der Waals surface area (Å²) in [5.41, 5.74) is 4.45. The SMILES string of the molecule is O[C@H]1CCCCC1CNc1nc2ccc(Cn3cnc4ccccc43)cc2s1. The Labute approximate surface area is 168 Å². The molecular weight excluding hydrogens is 368 g/mol. The molecule has 2 aromatic heterocycles. The molecular formula is C22H24N4OS. The maximum Gasteiger partial charge on any atom is 0.183 e. The van der Waals surface area contributed by atoms with Gasteiger partial charge in [-0.1, -0.05) is 42.4 Å². The van der Waals surface area contributed by atoms with Crippen LogP contribution in [0.1, 0.15) is 31.2 Å². The van der Waals surface area contributed by atoms with Gasteiger partial charge in [0.05, 0.1) is 33.7 Å². The van der Waals surface area contributed by atoms with E-state index in [0.717, 1.165) is 54.0 Å². The number of nitrogens with one attached hydrogen (secondary N) is 1. The quantitative estimate of drug-likeness (QED) is 0.519. The van der Waals surface area contributed by atoms with E-state index in [-0.39, 0.29) is 6.10 Å². The van der Waals surface area contributed by atoms with Crippen molar-refractivity contribution in [2.75, 3.05) is 11.9 Å². The summed E-state index contributed by atoms with van der Waals surface area (Å²) in [4.78, 5) is 9.20. The number of aromatic nitrogens is 3. The highest BCUT2D eigenvalue weighted by atomic mass is 32.1. The lowest BCUT2D eigenvalue weighted by atomic mass is 9.86. The molecule has 5 rings (SSSR count). The van der Waals surface area contributed by atoms with Crippen LogP contribution in [-0.4, -0.2) is 32.3 Å². The summed E-state index contributed by atoms with van der Waals surface area (Å²) >= 11 is 1.69. The van der Waals surface area contributed by atoms with Crippen LogP contribution in [0.5, 0.6) is 0 Å². The molecule has 0 saturated heterocycles. The Morgan fingerprint density at radius 1 is 1.11 bits per heavy atom. The van der Waals surface area contributed by atoms with Crippen LogP contribution >= 0.6 is 11.3 Å². The standard InChI is InChI=1S/C22H24N4OS/c27-20-8-4-1-5-16(20)12-23-22-25-18-10-9-15(11-21(18)28-22)13-26-14-24-17-6-2-3-7-19(17)26/h2-3,6-7,9-11,14,16,20,27H,1,4-5,8,12-13H2,(H,23,25)/t16?,20-/m0/s1. The lowest BCUT2D eigenvalue weighted by Gasteiger charge is -2.27. The van der Waals surface area contributed by atoms with E-state index in [1.54, 1.807) is 11.3 Å². The van der Waals surface area contributed by atoms with Crippen LogP contribution in [0.4, 0.5) is 5.13 Å². The van der Waals surface area contributed by atoms with Crippen LogP contribution in [0.15, 0.2) is 48.8 Å². The average molecular weight is 393 g/mol. The first kappa shape index (κ1) is 17.6. The zero-order valence-corrected chi connectivity index (χ0v) is 16.5. The van der Waals surface area contributed by atoms with Gasteiger partial charge in [0.2, 0.25) is 0 Å². The van der Waals surface area contributed by atoms with Crippen molar-refractivity contribution in [3.63, 3.8) is 0 Å². The summed E-state index contributed by atoms with van der Waals surface area (Å²) in [7, 11) is 0. The minimum atomic E-state index is -0.174. The fourth-order valence-corrected chi connectivity index (χ4v) is 5.06. The third kappa shape index (κ3) is 3.50. The Kier molecular flexibility index (Phi) is 4.74. The topological polar surface area (TPSA) is 63.0 Å². The molecule has 28 heavy (non-hydrogen) atoms. The highest BCUT2D eigenvalue weighted by Crippen LogP contribution is 2.29. The van der Waals surface area contributed by atoms with E-state index in [1.165, 1.54) is 16.7 Å². The molecule has 4 aromatic rings. The van der Waals surface area contributed by atoms with Gasteiger partial charge in [0.15, 0.2) is 5.13 Å². The molecule has 2 atom stereocenters. The zero-order chi connectivity index (χ0) is 18.9. The maximum atomic E-state index is 10.2. The second kappa shape index (κ2) is 7.53. The average Bonchev–Trinajstić information content (AvgIpc) is 3.31. The van der Waals surface area contributed by atoms with E-state index in [2.05, 4.69) is 39.1 Å². The predicted molar refractivity (Wildman–Crippen MR) is 115 cm³/mol. The van der Waals surface area contributed by atoms with E-state index in [9.17, 15) is 5.11 Å². The Balaban J connectivity index is 1.32. The summed E-state index contributed by atoms with van der Waals surface area (Å²) in [6.45, 7) is 1.60. The number of thiazole rings is 1. The van der Waals surface area contributed by atoms with Crippen LogP contribution in [0, 0.1) is 5.92 Å². The molecule has 1 saturated carbocycles. The van der Waals surface area contributed by atoms with Gasteiger partial charge >= 0.3 is 0 Å². The van der Waals surface area contributed by atoms with Gasteiger partial charge in [-0.25, -0.2) is 9.97 Å². The first-order valence-electron chi connectivity index (χ1n) is 9.97.